The zero-order valence-corrected chi connectivity index (χ0v) is 17.7. The van der Waals surface area contributed by atoms with Gasteiger partial charge in [0.05, 0.1) is 5.60 Å². The third-order valence-electron chi connectivity index (χ3n) is 6.41. The van der Waals surface area contributed by atoms with Crippen LogP contribution in [0, 0.1) is 11.8 Å². The lowest BCUT2D eigenvalue weighted by Crippen LogP contribution is -2.50. The molecule has 2 aromatic heterocycles. The third-order valence-corrected chi connectivity index (χ3v) is 6.41. The van der Waals surface area contributed by atoms with Crippen molar-refractivity contribution in [3.63, 3.8) is 0 Å². The predicted molar refractivity (Wildman–Crippen MR) is 113 cm³/mol. The number of amides is 1. The number of nitrogens with zero attached hydrogens (tertiary/aromatic N) is 3. The first-order valence-corrected chi connectivity index (χ1v) is 10.4. The van der Waals surface area contributed by atoms with Crippen LogP contribution in [0.4, 0.5) is 0 Å². The van der Waals surface area contributed by atoms with Crippen molar-refractivity contribution < 1.29 is 9.53 Å². The van der Waals surface area contributed by atoms with E-state index >= 15 is 0 Å². The highest BCUT2D eigenvalue weighted by Gasteiger charge is 2.48. The summed E-state index contributed by atoms with van der Waals surface area (Å²) in [5.74, 6) is 0.126. The van der Waals surface area contributed by atoms with Crippen molar-refractivity contribution in [3.8, 4) is 0 Å². The number of methoxy groups -OCH3 is 1. The minimum atomic E-state index is -0.508. The summed E-state index contributed by atoms with van der Waals surface area (Å²) in [7, 11) is 1.79. The fourth-order valence-corrected chi connectivity index (χ4v) is 4.91. The first kappa shape index (κ1) is 21.4. The van der Waals surface area contributed by atoms with Crippen LogP contribution in [0.5, 0.6) is 0 Å². The Bertz CT molecular complexity index is 814. The summed E-state index contributed by atoms with van der Waals surface area (Å²) < 4.78 is 6.30. The van der Waals surface area contributed by atoms with E-state index in [-0.39, 0.29) is 0 Å². The molecule has 6 nitrogen and oxygen atoms in total. The molecular weight excluding hydrogens is 364 g/mol. The number of primary amides is 1. The van der Waals surface area contributed by atoms with Gasteiger partial charge in [-0.15, -0.1) is 0 Å². The molecule has 2 aromatic rings. The van der Waals surface area contributed by atoms with Crippen molar-refractivity contribution in [2.24, 2.45) is 17.6 Å². The van der Waals surface area contributed by atoms with Gasteiger partial charge in [0.15, 0.2) is 0 Å². The van der Waals surface area contributed by atoms with Gasteiger partial charge in [0.2, 0.25) is 0 Å². The maximum Gasteiger partial charge on any atom is 0.267 e. The number of hydrogen-bond donors (Lipinski definition) is 1. The summed E-state index contributed by atoms with van der Waals surface area (Å²) >= 11 is 0. The topological polar surface area (TPSA) is 81.3 Å². The summed E-state index contributed by atoms with van der Waals surface area (Å²) in [6, 6.07) is 7.93. The number of ether oxygens (including phenoxy) is 1. The predicted octanol–water partition coefficient (Wildman–Crippen LogP) is 3.38. The van der Waals surface area contributed by atoms with Crippen molar-refractivity contribution in [2.75, 3.05) is 20.2 Å². The number of carbonyl (C=O) groups is 1. The van der Waals surface area contributed by atoms with Gasteiger partial charge in [-0.1, -0.05) is 20.3 Å². The summed E-state index contributed by atoms with van der Waals surface area (Å²) in [4.78, 5) is 22.4. The summed E-state index contributed by atoms with van der Waals surface area (Å²) in [6.07, 6.45) is 8.70. The first-order chi connectivity index (χ1) is 14.0. The van der Waals surface area contributed by atoms with E-state index in [1.165, 1.54) is 12.0 Å². The van der Waals surface area contributed by atoms with Gasteiger partial charge in [-0.2, -0.15) is 0 Å². The van der Waals surface area contributed by atoms with E-state index in [0.717, 1.165) is 38.0 Å². The van der Waals surface area contributed by atoms with Crippen LogP contribution in [0.3, 0.4) is 0 Å². The molecule has 1 fully saturated rings. The van der Waals surface area contributed by atoms with Crippen molar-refractivity contribution in [2.45, 2.75) is 45.3 Å². The van der Waals surface area contributed by atoms with Crippen LogP contribution in [0.2, 0.25) is 0 Å². The molecular formula is C23H32N4O2. The summed E-state index contributed by atoms with van der Waals surface area (Å²) in [6.45, 7) is 7.20. The second-order valence-corrected chi connectivity index (χ2v) is 8.00. The Balaban J connectivity index is 1.92. The number of nitrogens with two attached hydrogens (primary N) is 1. The second kappa shape index (κ2) is 9.46. The fourth-order valence-electron chi connectivity index (χ4n) is 4.91. The van der Waals surface area contributed by atoms with Crippen LogP contribution in [-0.4, -0.2) is 41.0 Å². The molecule has 156 valence electrons. The quantitative estimate of drug-likeness (QED) is 0.740. The van der Waals surface area contributed by atoms with Crippen LogP contribution in [-0.2, 0) is 16.9 Å². The SMILES string of the molecule is CCN(Cc1ccncc1)CC1CCCC(C)C1(OC)c1ccnc(C(N)=O)c1. The minimum absolute atomic E-state index is 0.291. The van der Waals surface area contributed by atoms with Crippen molar-refractivity contribution >= 4 is 5.91 Å². The molecule has 1 amide bonds. The number of aromatic nitrogens is 2. The maximum atomic E-state index is 11.7. The molecule has 0 aromatic carbocycles. The Hall–Kier alpha value is -2.31. The Morgan fingerprint density at radius 3 is 2.69 bits per heavy atom. The van der Waals surface area contributed by atoms with Gasteiger partial charge in [0, 0.05) is 44.7 Å². The normalized spacial score (nSPS) is 24.6. The fraction of sp³-hybridized carbons (Fsp3) is 0.522. The van der Waals surface area contributed by atoms with Gasteiger partial charge in [0.25, 0.3) is 5.91 Å². The Labute approximate surface area is 173 Å². The van der Waals surface area contributed by atoms with Crippen molar-refractivity contribution in [1.29, 1.82) is 0 Å². The molecule has 3 unspecified atom stereocenters. The van der Waals surface area contributed by atoms with Crippen molar-refractivity contribution in [1.82, 2.24) is 14.9 Å². The van der Waals surface area contributed by atoms with Crippen LogP contribution in [0.1, 0.15) is 54.7 Å². The molecule has 0 bridgehead atoms. The third kappa shape index (κ3) is 4.49. The van der Waals surface area contributed by atoms with Crippen LogP contribution < -0.4 is 5.73 Å². The molecule has 6 heteroatoms. The molecule has 3 rings (SSSR count). The molecule has 0 spiro atoms. The molecule has 2 heterocycles. The molecule has 0 aliphatic heterocycles. The lowest BCUT2D eigenvalue weighted by atomic mass is 9.65. The summed E-state index contributed by atoms with van der Waals surface area (Å²) in [5, 5.41) is 0. The number of hydrogen-bond acceptors (Lipinski definition) is 5. The van der Waals surface area contributed by atoms with E-state index in [9.17, 15) is 4.79 Å². The molecule has 1 saturated carbocycles. The molecule has 29 heavy (non-hydrogen) atoms. The van der Waals surface area contributed by atoms with E-state index in [1.807, 2.05) is 24.5 Å². The average Bonchev–Trinajstić information content (AvgIpc) is 2.74. The molecule has 0 saturated heterocycles. The van der Waals surface area contributed by atoms with Crippen molar-refractivity contribution in [3.05, 3.63) is 59.7 Å². The first-order valence-electron chi connectivity index (χ1n) is 10.4. The smallest absolute Gasteiger partial charge is 0.267 e. The van der Waals surface area contributed by atoms with Gasteiger partial charge >= 0.3 is 0 Å². The van der Waals surface area contributed by atoms with Crippen LogP contribution in [0.25, 0.3) is 0 Å². The standard InChI is InChI=1S/C23H32N4O2/c1-4-27(15-18-8-11-25-12-9-18)16-20-7-5-6-17(2)23(20,29-3)19-10-13-26-21(14-19)22(24)28/h8-14,17,20H,4-7,15-16H2,1-3H3,(H2,24,28). The molecule has 2 N–H and O–H groups in total. The average molecular weight is 397 g/mol. The van der Waals surface area contributed by atoms with Crippen LogP contribution in [0.15, 0.2) is 42.9 Å². The highest BCUT2D eigenvalue weighted by atomic mass is 16.5. The molecule has 1 aliphatic rings. The lowest BCUT2D eigenvalue weighted by molar-refractivity contribution is -0.133. The minimum Gasteiger partial charge on any atom is -0.373 e. The number of pyridine rings is 2. The van der Waals surface area contributed by atoms with Crippen LogP contribution >= 0.6 is 0 Å². The number of carbonyl (C=O) groups excluding carboxylic acids is 1. The van der Waals surface area contributed by atoms with Gasteiger partial charge in [-0.25, -0.2) is 0 Å². The van der Waals surface area contributed by atoms with E-state index in [2.05, 4.69) is 40.8 Å². The highest BCUT2D eigenvalue weighted by Crippen LogP contribution is 2.48. The zero-order valence-electron chi connectivity index (χ0n) is 17.7. The van der Waals surface area contributed by atoms with Gasteiger partial charge in [0.1, 0.15) is 5.69 Å². The molecule has 1 aliphatic carbocycles. The maximum absolute atomic E-state index is 11.7. The van der Waals surface area contributed by atoms with E-state index in [4.69, 9.17) is 10.5 Å². The Morgan fingerprint density at radius 1 is 1.28 bits per heavy atom. The lowest BCUT2D eigenvalue weighted by Gasteiger charge is -2.49. The van der Waals surface area contributed by atoms with E-state index in [0.29, 0.717) is 17.5 Å². The zero-order chi connectivity index (χ0) is 20.9. The Kier molecular flexibility index (Phi) is 6.98. The summed E-state index contributed by atoms with van der Waals surface area (Å²) in [5.41, 5.74) is 7.59. The number of rotatable bonds is 8. The van der Waals surface area contributed by atoms with Gasteiger partial charge in [-0.05, 0) is 60.7 Å². The van der Waals surface area contributed by atoms with E-state index in [1.54, 1.807) is 13.3 Å². The molecule has 3 atom stereocenters. The van der Waals surface area contributed by atoms with Gasteiger partial charge in [-0.3, -0.25) is 19.7 Å². The second-order valence-electron chi connectivity index (χ2n) is 8.00. The largest absolute Gasteiger partial charge is 0.373 e. The molecule has 0 radical (unpaired) electrons. The highest BCUT2D eigenvalue weighted by molar-refractivity contribution is 5.90. The van der Waals surface area contributed by atoms with E-state index < -0.39 is 11.5 Å². The Morgan fingerprint density at radius 2 is 2.03 bits per heavy atom. The van der Waals surface area contributed by atoms with Gasteiger partial charge < -0.3 is 10.5 Å². The monoisotopic (exact) mass is 396 g/mol.